The van der Waals surface area contributed by atoms with E-state index >= 15 is 0 Å². The van der Waals surface area contributed by atoms with E-state index in [4.69, 9.17) is 28.9 Å². The Labute approximate surface area is 117 Å². The molecule has 0 atom stereocenters. The molecule has 0 unspecified atom stereocenters. The Morgan fingerprint density at radius 3 is 2.79 bits per heavy atom. The van der Waals surface area contributed by atoms with E-state index in [0.29, 0.717) is 0 Å². The van der Waals surface area contributed by atoms with Gasteiger partial charge in [-0.15, -0.1) is 0 Å². The van der Waals surface area contributed by atoms with E-state index in [9.17, 15) is 9.18 Å². The van der Waals surface area contributed by atoms with Gasteiger partial charge in [-0.3, -0.25) is 4.79 Å². The Morgan fingerprint density at radius 1 is 1.37 bits per heavy atom. The van der Waals surface area contributed by atoms with Crippen molar-refractivity contribution in [2.24, 2.45) is 5.73 Å². The molecule has 0 aliphatic rings. The first-order valence-corrected chi connectivity index (χ1v) is 5.78. The minimum absolute atomic E-state index is 0.0224. The Morgan fingerprint density at radius 2 is 2.11 bits per heavy atom. The Hall–Kier alpha value is -1.92. The molecule has 0 radical (unpaired) electrons. The van der Waals surface area contributed by atoms with Crippen molar-refractivity contribution >= 4 is 40.6 Å². The fraction of sp³-hybridized carbons (Fsp3) is 0. The molecule has 1 aromatic carbocycles. The quantitative estimate of drug-likeness (QED) is 0.854. The number of para-hydroxylation sites is 1. The van der Waals surface area contributed by atoms with Crippen molar-refractivity contribution in [3.05, 3.63) is 46.1 Å². The number of primary amides is 1. The van der Waals surface area contributed by atoms with Gasteiger partial charge in [-0.2, -0.15) is 4.98 Å². The number of amides is 1. The summed E-state index contributed by atoms with van der Waals surface area (Å²) in [5.41, 5.74) is 5.03. The van der Waals surface area contributed by atoms with Crippen LogP contribution in [0, 0.1) is 5.82 Å². The highest BCUT2D eigenvalue weighted by molar-refractivity contribution is 6.33. The first-order valence-electron chi connectivity index (χ1n) is 5.02. The van der Waals surface area contributed by atoms with E-state index in [1.165, 1.54) is 24.4 Å². The second-order valence-electron chi connectivity index (χ2n) is 3.49. The predicted octanol–water partition coefficient (Wildman–Crippen LogP) is 2.77. The van der Waals surface area contributed by atoms with Crippen molar-refractivity contribution in [1.29, 1.82) is 0 Å². The molecule has 0 saturated heterocycles. The standard InChI is InChI=1S/C11H7Cl2FN4O/c12-6-4-16-11(13)18-10(6)17-8-5(9(15)19)2-1-3-7(8)14/h1-4H,(H2,15,19)(H,16,17,18). The molecule has 2 rings (SSSR count). The van der Waals surface area contributed by atoms with E-state index < -0.39 is 11.7 Å². The molecule has 19 heavy (non-hydrogen) atoms. The number of hydrogen-bond acceptors (Lipinski definition) is 4. The van der Waals surface area contributed by atoms with Crippen LogP contribution < -0.4 is 11.1 Å². The third kappa shape index (κ3) is 2.91. The van der Waals surface area contributed by atoms with Crippen LogP contribution in [0.15, 0.2) is 24.4 Å². The van der Waals surface area contributed by atoms with Crippen LogP contribution in [0.5, 0.6) is 0 Å². The largest absolute Gasteiger partial charge is 0.366 e. The molecule has 98 valence electrons. The minimum atomic E-state index is -0.779. The van der Waals surface area contributed by atoms with Gasteiger partial charge in [0.25, 0.3) is 5.91 Å². The molecule has 5 nitrogen and oxygen atoms in total. The van der Waals surface area contributed by atoms with Gasteiger partial charge in [0.1, 0.15) is 10.8 Å². The summed E-state index contributed by atoms with van der Waals surface area (Å²) < 4.78 is 13.7. The summed E-state index contributed by atoms with van der Waals surface area (Å²) in [6.45, 7) is 0. The normalized spacial score (nSPS) is 10.3. The first-order chi connectivity index (χ1) is 8.99. The number of nitrogens with zero attached hydrogens (tertiary/aromatic N) is 2. The number of anilines is 2. The number of halogens is 3. The SMILES string of the molecule is NC(=O)c1cccc(F)c1Nc1nc(Cl)ncc1Cl. The predicted molar refractivity (Wildman–Crippen MR) is 70.3 cm³/mol. The van der Waals surface area contributed by atoms with Crippen LogP contribution in [-0.4, -0.2) is 15.9 Å². The topological polar surface area (TPSA) is 80.9 Å². The first kappa shape index (κ1) is 13.5. The lowest BCUT2D eigenvalue weighted by Gasteiger charge is -2.11. The number of carbonyl (C=O) groups is 1. The maximum Gasteiger partial charge on any atom is 0.250 e. The second-order valence-corrected chi connectivity index (χ2v) is 4.23. The highest BCUT2D eigenvalue weighted by atomic mass is 35.5. The van der Waals surface area contributed by atoms with E-state index in [1.807, 2.05) is 0 Å². The van der Waals surface area contributed by atoms with Crippen molar-refractivity contribution < 1.29 is 9.18 Å². The molecule has 0 saturated carbocycles. The summed E-state index contributed by atoms with van der Waals surface area (Å²) in [5, 5.41) is 2.65. The Kier molecular flexibility index (Phi) is 3.82. The van der Waals surface area contributed by atoms with Gasteiger partial charge in [-0.25, -0.2) is 9.37 Å². The summed E-state index contributed by atoms with van der Waals surface area (Å²) in [6, 6.07) is 3.92. The summed E-state index contributed by atoms with van der Waals surface area (Å²) in [7, 11) is 0. The van der Waals surface area contributed by atoms with Gasteiger partial charge in [-0.1, -0.05) is 17.7 Å². The van der Waals surface area contributed by atoms with Gasteiger partial charge in [0.05, 0.1) is 17.4 Å². The van der Waals surface area contributed by atoms with Crippen molar-refractivity contribution in [3.63, 3.8) is 0 Å². The van der Waals surface area contributed by atoms with Gasteiger partial charge < -0.3 is 11.1 Å². The molecular formula is C11H7Cl2FN4O. The molecule has 1 amide bonds. The maximum absolute atomic E-state index is 13.7. The number of nitrogens with one attached hydrogen (secondary N) is 1. The van der Waals surface area contributed by atoms with Crippen LogP contribution in [0.2, 0.25) is 10.3 Å². The van der Waals surface area contributed by atoms with Crippen molar-refractivity contribution in [1.82, 2.24) is 9.97 Å². The number of rotatable bonds is 3. The van der Waals surface area contributed by atoms with Gasteiger partial charge in [0, 0.05) is 0 Å². The van der Waals surface area contributed by atoms with Crippen molar-refractivity contribution in [3.8, 4) is 0 Å². The minimum Gasteiger partial charge on any atom is -0.366 e. The zero-order valence-electron chi connectivity index (χ0n) is 9.32. The average molecular weight is 301 g/mol. The summed E-state index contributed by atoms with van der Waals surface area (Å²) >= 11 is 11.5. The Bertz CT molecular complexity index is 651. The molecule has 0 fully saturated rings. The van der Waals surface area contributed by atoms with E-state index in [0.717, 1.165) is 0 Å². The van der Waals surface area contributed by atoms with E-state index in [-0.39, 0.29) is 27.4 Å². The molecule has 0 spiro atoms. The summed E-state index contributed by atoms with van der Waals surface area (Å²) in [6.07, 6.45) is 1.25. The Balaban J connectivity index is 2.49. The van der Waals surface area contributed by atoms with E-state index in [1.54, 1.807) is 0 Å². The van der Waals surface area contributed by atoms with Crippen LogP contribution in [0.3, 0.4) is 0 Å². The molecular weight excluding hydrogens is 294 g/mol. The van der Waals surface area contributed by atoms with Gasteiger partial charge in [0.15, 0.2) is 5.82 Å². The molecule has 3 N–H and O–H groups in total. The fourth-order valence-corrected chi connectivity index (χ4v) is 1.68. The number of carbonyl (C=O) groups excluding carboxylic acids is 1. The van der Waals surface area contributed by atoms with Crippen LogP contribution in [0.25, 0.3) is 0 Å². The lowest BCUT2D eigenvalue weighted by molar-refractivity contribution is 0.100. The second kappa shape index (κ2) is 5.38. The highest BCUT2D eigenvalue weighted by Crippen LogP contribution is 2.27. The van der Waals surface area contributed by atoms with Crippen molar-refractivity contribution in [2.45, 2.75) is 0 Å². The van der Waals surface area contributed by atoms with Crippen LogP contribution in [-0.2, 0) is 0 Å². The zero-order chi connectivity index (χ0) is 14.0. The van der Waals surface area contributed by atoms with Crippen LogP contribution >= 0.6 is 23.2 Å². The average Bonchev–Trinajstić information content (AvgIpc) is 2.35. The third-order valence-corrected chi connectivity index (χ3v) is 2.70. The highest BCUT2D eigenvalue weighted by Gasteiger charge is 2.15. The molecule has 0 bridgehead atoms. The van der Waals surface area contributed by atoms with Crippen LogP contribution in [0.4, 0.5) is 15.9 Å². The number of hydrogen-bond donors (Lipinski definition) is 2. The maximum atomic E-state index is 13.7. The molecule has 2 aromatic rings. The number of benzene rings is 1. The van der Waals surface area contributed by atoms with Gasteiger partial charge >= 0.3 is 0 Å². The monoisotopic (exact) mass is 300 g/mol. The summed E-state index contributed by atoms with van der Waals surface area (Å²) in [5.74, 6) is -1.37. The molecule has 8 heteroatoms. The summed E-state index contributed by atoms with van der Waals surface area (Å²) in [4.78, 5) is 18.7. The lowest BCUT2D eigenvalue weighted by Crippen LogP contribution is -2.14. The smallest absolute Gasteiger partial charge is 0.250 e. The van der Waals surface area contributed by atoms with Gasteiger partial charge in [0.2, 0.25) is 5.28 Å². The molecule has 0 aliphatic carbocycles. The fourth-order valence-electron chi connectivity index (χ4n) is 1.41. The zero-order valence-corrected chi connectivity index (χ0v) is 10.8. The van der Waals surface area contributed by atoms with Crippen molar-refractivity contribution in [2.75, 3.05) is 5.32 Å². The molecule has 0 aliphatic heterocycles. The number of aromatic nitrogens is 2. The third-order valence-electron chi connectivity index (χ3n) is 2.24. The van der Waals surface area contributed by atoms with E-state index in [2.05, 4.69) is 15.3 Å². The lowest BCUT2D eigenvalue weighted by atomic mass is 10.1. The number of nitrogens with two attached hydrogens (primary N) is 1. The molecule has 1 aromatic heterocycles. The molecule has 1 heterocycles. The van der Waals surface area contributed by atoms with Gasteiger partial charge in [-0.05, 0) is 23.7 Å². The van der Waals surface area contributed by atoms with Crippen LogP contribution in [0.1, 0.15) is 10.4 Å².